The Morgan fingerprint density at radius 1 is 1.30 bits per heavy atom. The van der Waals surface area contributed by atoms with Crippen LogP contribution in [0.4, 0.5) is 4.79 Å². The molecule has 0 aromatic heterocycles. The van der Waals surface area contributed by atoms with Gasteiger partial charge < -0.3 is 25.7 Å². The highest BCUT2D eigenvalue weighted by Gasteiger charge is 2.25. The number of carboxylic acids is 2. The number of nitrogens with one attached hydrogen (secondary N) is 2. The first kappa shape index (κ1) is 15.7. The van der Waals surface area contributed by atoms with Gasteiger partial charge in [-0.25, -0.2) is 9.59 Å². The molecule has 0 aliphatic carbocycles. The molecule has 0 saturated carbocycles. The number of amides is 3. The molecule has 112 valence electrons. The molecule has 1 aliphatic heterocycles. The van der Waals surface area contributed by atoms with Gasteiger partial charge in [0.2, 0.25) is 5.91 Å². The van der Waals surface area contributed by atoms with Crippen molar-refractivity contribution in [2.24, 2.45) is 0 Å². The molecule has 1 rings (SSSR count). The van der Waals surface area contributed by atoms with Crippen molar-refractivity contribution in [2.45, 2.75) is 25.3 Å². The van der Waals surface area contributed by atoms with Gasteiger partial charge in [-0.3, -0.25) is 9.59 Å². The second kappa shape index (κ2) is 7.31. The lowest BCUT2D eigenvalue weighted by Crippen LogP contribution is -2.49. The van der Waals surface area contributed by atoms with E-state index in [2.05, 4.69) is 10.6 Å². The van der Waals surface area contributed by atoms with Crippen molar-refractivity contribution in [2.75, 3.05) is 19.6 Å². The second-order valence-electron chi connectivity index (χ2n) is 4.36. The summed E-state index contributed by atoms with van der Waals surface area (Å²) in [6.07, 6.45) is -0.390. The third-order valence-electron chi connectivity index (χ3n) is 2.84. The van der Waals surface area contributed by atoms with E-state index >= 15 is 0 Å². The SMILES string of the molecule is O=C(O)CCC(NC(=O)N1CCNC(=O)CC1)C(=O)O. The summed E-state index contributed by atoms with van der Waals surface area (Å²) < 4.78 is 0. The standard InChI is InChI=1S/C11H17N3O6/c15-8-3-5-14(6-4-12-8)11(20)13-7(10(18)19)1-2-9(16)17/h7H,1-6H2,(H,12,15)(H,13,20)(H,16,17)(H,18,19). The molecule has 1 heterocycles. The highest BCUT2D eigenvalue weighted by Crippen LogP contribution is 2.02. The lowest BCUT2D eigenvalue weighted by molar-refractivity contribution is -0.140. The van der Waals surface area contributed by atoms with Gasteiger partial charge >= 0.3 is 18.0 Å². The molecule has 9 nitrogen and oxygen atoms in total. The van der Waals surface area contributed by atoms with E-state index < -0.39 is 24.0 Å². The van der Waals surface area contributed by atoms with E-state index in [1.807, 2.05) is 0 Å². The summed E-state index contributed by atoms with van der Waals surface area (Å²) in [5.41, 5.74) is 0. The van der Waals surface area contributed by atoms with Gasteiger partial charge in [0.05, 0.1) is 0 Å². The predicted octanol–water partition coefficient (Wildman–Crippen LogP) is -1.16. The molecule has 3 amide bonds. The first-order chi connectivity index (χ1) is 9.40. The monoisotopic (exact) mass is 287 g/mol. The maximum absolute atomic E-state index is 11.9. The molecular weight excluding hydrogens is 270 g/mol. The third kappa shape index (κ3) is 5.12. The maximum atomic E-state index is 11.9. The number of hydrogen-bond acceptors (Lipinski definition) is 4. The Morgan fingerprint density at radius 2 is 2.00 bits per heavy atom. The Hall–Kier alpha value is -2.32. The van der Waals surface area contributed by atoms with Crippen LogP contribution in [0.5, 0.6) is 0 Å². The molecule has 1 saturated heterocycles. The topological polar surface area (TPSA) is 136 Å². The molecule has 1 unspecified atom stereocenters. The molecule has 0 aromatic carbocycles. The van der Waals surface area contributed by atoms with Gasteiger partial charge in [-0.2, -0.15) is 0 Å². The normalized spacial score (nSPS) is 16.8. The number of aliphatic carboxylic acids is 2. The smallest absolute Gasteiger partial charge is 0.326 e. The van der Waals surface area contributed by atoms with Crippen LogP contribution in [0.2, 0.25) is 0 Å². The zero-order valence-electron chi connectivity index (χ0n) is 10.8. The number of hydrogen-bond donors (Lipinski definition) is 4. The van der Waals surface area contributed by atoms with Gasteiger partial charge in [0.25, 0.3) is 0 Å². The minimum absolute atomic E-state index is 0.153. The van der Waals surface area contributed by atoms with Crippen LogP contribution < -0.4 is 10.6 Å². The van der Waals surface area contributed by atoms with E-state index in [0.29, 0.717) is 6.54 Å². The Labute approximate surface area is 114 Å². The summed E-state index contributed by atoms with van der Waals surface area (Å²) in [7, 11) is 0. The number of rotatable bonds is 5. The molecule has 1 atom stereocenters. The number of carboxylic acid groups (broad SMARTS) is 2. The molecule has 0 spiro atoms. The Bertz CT molecular complexity index is 411. The zero-order chi connectivity index (χ0) is 15.1. The Morgan fingerprint density at radius 3 is 2.60 bits per heavy atom. The van der Waals surface area contributed by atoms with Crippen molar-refractivity contribution in [3.63, 3.8) is 0 Å². The van der Waals surface area contributed by atoms with Gasteiger partial charge in [0.15, 0.2) is 0 Å². The summed E-state index contributed by atoms with van der Waals surface area (Å²) in [5, 5.41) is 22.3. The van der Waals surface area contributed by atoms with Gasteiger partial charge in [0.1, 0.15) is 6.04 Å². The van der Waals surface area contributed by atoms with Crippen LogP contribution in [0.25, 0.3) is 0 Å². The fraction of sp³-hybridized carbons (Fsp3) is 0.636. The van der Waals surface area contributed by atoms with Crippen LogP contribution in [0.15, 0.2) is 0 Å². The van der Waals surface area contributed by atoms with E-state index in [0.717, 1.165) is 0 Å². The summed E-state index contributed by atoms with van der Waals surface area (Å²) >= 11 is 0. The molecule has 4 N–H and O–H groups in total. The molecule has 0 bridgehead atoms. The lowest BCUT2D eigenvalue weighted by Gasteiger charge is -2.22. The zero-order valence-corrected chi connectivity index (χ0v) is 10.8. The average molecular weight is 287 g/mol. The fourth-order valence-corrected chi connectivity index (χ4v) is 1.74. The Kier molecular flexibility index (Phi) is 5.75. The van der Waals surface area contributed by atoms with Gasteiger partial charge in [0, 0.05) is 32.5 Å². The van der Waals surface area contributed by atoms with Crippen LogP contribution in [0.3, 0.4) is 0 Å². The van der Waals surface area contributed by atoms with E-state index in [4.69, 9.17) is 10.2 Å². The van der Waals surface area contributed by atoms with Crippen LogP contribution in [0, 0.1) is 0 Å². The highest BCUT2D eigenvalue weighted by molar-refractivity contribution is 5.84. The maximum Gasteiger partial charge on any atom is 0.326 e. The van der Waals surface area contributed by atoms with Crippen molar-refractivity contribution >= 4 is 23.9 Å². The molecule has 0 radical (unpaired) electrons. The van der Waals surface area contributed by atoms with Crippen LogP contribution in [0.1, 0.15) is 19.3 Å². The molecule has 9 heteroatoms. The first-order valence-corrected chi connectivity index (χ1v) is 6.17. The lowest BCUT2D eigenvalue weighted by atomic mass is 10.1. The van der Waals surface area contributed by atoms with Gasteiger partial charge in [-0.05, 0) is 6.42 Å². The molecule has 1 aliphatic rings. The van der Waals surface area contributed by atoms with E-state index in [1.54, 1.807) is 0 Å². The van der Waals surface area contributed by atoms with Gasteiger partial charge in [-0.15, -0.1) is 0 Å². The van der Waals surface area contributed by atoms with E-state index in [9.17, 15) is 19.2 Å². The summed E-state index contributed by atoms with van der Waals surface area (Å²) in [6, 6.07) is -1.87. The summed E-state index contributed by atoms with van der Waals surface area (Å²) in [6.45, 7) is 0.783. The molecule has 0 aromatic rings. The van der Waals surface area contributed by atoms with Crippen molar-refractivity contribution in [1.29, 1.82) is 0 Å². The van der Waals surface area contributed by atoms with Crippen LogP contribution >= 0.6 is 0 Å². The van der Waals surface area contributed by atoms with Crippen LogP contribution in [-0.4, -0.2) is 64.7 Å². The fourth-order valence-electron chi connectivity index (χ4n) is 1.74. The van der Waals surface area contributed by atoms with Crippen molar-refractivity contribution in [1.82, 2.24) is 15.5 Å². The average Bonchev–Trinajstić information content (AvgIpc) is 2.58. The number of carbonyl (C=O) groups excluding carboxylic acids is 2. The summed E-state index contributed by atoms with van der Waals surface area (Å²) in [4.78, 5) is 45.7. The number of carbonyl (C=O) groups is 4. The molecular formula is C11H17N3O6. The van der Waals surface area contributed by atoms with E-state index in [1.165, 1.54) is 4.90 Å². The second-order valence-corrected chi connectivity index (χ2v) is 4.36. The van der Waals surface area contributed by atoms with Crippen molar-refractivity contribution in [3.05, 3.63) is 0 Å². The molecule has 20 heavy (non-hydrogen) atoms. The van der Waals surface area contributed by atoms with Crippen LogP contribution in [-0.2, 0) is 14.4 Å². The Balaban J connectivity index is 2.54. The predicted molar refractivity (Wildman–Crippen MR) is 66.0 cm³/mol. The number of urea groups is 1. The molecule has 1 fully saturated rings. The first-order valence-electron chi connectivity index (χ1n) is 6.17. The number of nitrogens with zero attached hydrogens (tertiary/aromatic N) is 1. The quantitative estimate of drug-likeness (QED) is 0.503. The third-order valence-corrected chi connectivity index (χ3v) is 2.84. The van der Waals surface area contributed by atoms with E-state index in [-0.39, 0.29) is 38.3 Å². The highest BCUT2D eigenvalue weighted by atomic mass is 16.4. The van der Waals surface area contributed by atoms with Crippen molar-refractivity contribution in [3.8, 4) is 0 Å². The van der Waals surface area contributed by atoms with Gasteiger partial charge in [-0.1, -0.05) is 0 Å². The minimum atomic E-state index is -1.29. The minimum Gasteiger partial charge on any atom is -0.481 e. The largest absolute Gasteiger partial charge is 0.481 e. The summed E-state index contributed by atoms with van der Waals surface area (Å²) in [5.74, 6) is -2.58. The van der Waals surface area contributed by atoms with Crippen molar-refractivity contribution < 1.29 is 29.4 Å².